The van der Waals surface area contributed by atoms with E-state index >= 15 is 0 Å². The van der Waals surface area contributed by atoms with E-state index in [1.807, 2.05) is 0 Å². The maximum atomic E-state index is 13.3. The number of aliphatic hydroxyl groups excluding tert-OH is 1. The molecule has 0 spiro atoms. The number of anilines is 1. The minimum Gasteiger partial charge on any atom is -0.396 e. The standard InChI is InChI=1S/C12H17FN2O3S/c13-10-6-9(4-5-11(10)14)19(17,18)15-7-8-2-1-3-12(8)16/h4-6,8,12,15-16H,1-3,7,14H2. The molecule has 1 aliphatic rings. The number of sulfonamides is 1. The minimum absolute atomic E-state index is 0.0756. The molecule has 0 amide bonds. The van der Waals surface area contributed by atoms with Crippen molar-refractivity contribution in [1.82, 2.24) is 4.72 Å². The zero-order chi connectivity index (χ0) is 14.0. The molecule has 2 rings (SSSR count). The van der Waals surface area contributed by atoms with Gasteiger partial charge in [0.25, 0.3) is 0 Å². The van der Waals surface area contributed by atoms with Gasteiger partial charge in [-0.25, -0.2) is 17.5 Å². The van der Waals surface area contributed by atoms with Crippen LogP contribution >= 0.6 is 0 Å². The van der Waals surface area contributed by atoms with Crippen molar-refractivity contribution in [3.63, 3.8) is 0 Å². The van der Waals surface area contributed by atoms with Crippen LogP contribution in [-0.4, -0.2) is 26.2 Å². The molecule has 0 heterocycles. The first-order chi connectivity index (χ1) is 8.90. The molecule has 0 radical (unpaired) electrons. The van der Waals surface area contributed by atoms with Crippen LogP contribution < -0.4 is 10.5 Å². The fraction of sp³-hybridized carbons (Fsp3) is 0.500. The number of nitrogens with one attached hydrogen (secondary N) is 1. The summed E-state index contributed by atoms with van der Waals surface area (Å²) in [6.07, 6.45) is 1.91. The number of nitrogen functional groups attached to an aromatic ring is 1. The van der Waals surface area contributed by atoms with Gasteiger partial charge in [0.15, 0.2) is 0 Å². The second kappa shape index (κ2) is 5.44. The first-order valence-electron chi connectivity index (χ1n) is 6.13. The molecule has 2 unspecified atom stereocenters. The highest BCUT2D eigenvalue weighted by atomic mass is 32.2. The summed E-state index contributed by atoms with van der Waals surface area (Å²) in [7, 11) is -3.77. The predicted octanol–water partition coefficient (Wildman–Crippen LogP) is 0.847. The zero-order valence-corrected chi connectivity index (χ0v) is 11.2. The van der Waals surface area contributed by atoms with Gasteiger partial charge in [0.1, 0.15) is 5.82 Å². The van der Waals surface area contributed by atoms with Crippen molar-refractivity contribution >= 4 is 15.7 Å². The van der Waals surface area contributed by atoms with Crippen LogP contribution in [-0.2, 0) is 10.0 Å². The highest BCUT2D eigenvalue weighted by molar-refractivity contribution is 7.89. The Morgan fingerprint density at radius 2 is 2.16 bits per heavy atom. The Balaban J connectivity index is 2.07. The summed E-state index contributed by atoms with van der Waals surface area (Å²) < 4.78 is 39.6. The SMILES string of the molecule is Nc1ccc(S(=O)(=O)NCC2CCCC2O)cc1F. The number of hydrogen-bond acceptors (Lipinski definition) is 4. The van der Waals surface area contributed by atoms with Gasteiger partial charge in [0.2, 0.25) is 10.0 Å². The smallest absolute Gasteiger partial charge is 0.240 e. The molecule has 106 valence electrons. The lowest BCUT2D eigenvalue weighted by Crippen LogP contribution is -2.32. The molecule has 5 nitrogen and oxygen atoms in total. The van der Waals surface area contributed by atoms with E-state index < -0.39 is 21.9 Å². The lowest BCUT2D eigenvalue weighted by atomic mass is 10.1. The molecule has 1 aliphatic carbocycles. The number of aliphatic hydroxyl groups is 1. The lowest BCUT2D eigenvalue weighted by molar-refractivity contribution is 0.134. The van der Waals surface area contributed by atoms with Crippen molar-refractivity contribution < 1.29 is 17.9 Å². The van der Waals surface area contributed by atoms with Crippen LogP contribution in [0, 0.1) is 11.7 Å². The quantitative estimate of drug-likeness (QED) is 0.716. The summed E-state index contributed by atoms with van der Waals surface area (Å²) in [6.45, 7) is 0.162. The maximum Gasteiger partial charge on any atom is 0.240 e. The molecule has 1 saturated carbocycles. The number of hydrogen-bond donors (Lipinski definition) is 3. The van der Waals surface area contributed by atoms with Crippen molar-refractivity contribution in [3.05, 3.63) is 24.0 Å². The number of halogens is 1. The highest BCUT2D eigenvalue weighted by Gasteiger charge is 2.27. The minimum atomic E-state index is -3.77. The first-order valence-corrected chi connectivity index (χ1v) is 7.61. The van der Waals surface area contributed by atoms with Crippen LogP contribution in [0.5, 0.6) is 0 Å². The maximum absolute atomic E-state index is 13.3. The van der Waals surface area contributed by atoms with Gasteiger partial charge in [-0.1, -0.05) is 6.42 Å². The summed E-state index contributed by atoms with van der Waals surface area (Å²) in [5.74, 6) is -0.836. The Bertz CT molecular complexity index is 562. The van der Waals surface area contributed by atoms with E-state index in [0.717, 1.165) is 18.9 Å². The van der Waals surface area contributed by atoms with Crippen LogP contribution in [0.3, 0.4) is 0 Å². The average Bonchev–Trinajstić information content (AvgIpc) is 2.76. The zero-order valence-electron chi connectivity index (χ0n) is 10.3. The Morgan fingerprint density at radius 1 is 1.42 bits per heavy atom. The summed E-state index contributed by atoms with van der Waals surface area (Å²) in [5, 5.41) is 9.63. The molecule has 19 heavy (non-hydrogen) atoms. The molecule has 0 aliphatic heterocycles. The van der Waals surface area contributed by atoms with Crippen molar-refractivity contribution in [1.29, 1.82) is 0 Å². The van der Waals surface area contributed by atoms with E-state index in [2.05, 4.69) is 4.72 Å². The third-order valence-electron chi connectivity index (χ3n) is 3.44. The van der Waals surface area contributed by atoms with Crippen LogP contribution in [0.4, 0.5) is 10.1 Å². The van der Waals surface area contributed by atoms with E-state index in [1.54, 1.807) is 0 Å². The van der Waals surface area contributed by atoms with Crippen LogP contribution in [0.25, 0.3) is 0 Å². The fourth-order valence-corrected chi connectivity index (χ4v) is 3.34. The van der Waals surface area contributed by atoms with Gasteiger partial charge < -0.3 is 10.8 Å². The monoisotopic (exact) mass is 288 g/mol. The van der Waals surface area contributed by atoms with Crippen LogP contribution in [0.1, 0.15) is 19.3 Å². The number of nitrogens with two attached hydrogens (primary N) is 1. The summed E-state index contributed by atoms with van der Waals surface area (Å²) >= 11 is 0. The van der Waals surface area contributed by atoms with Gasteiger partial charge >= 0.3 is 0 Å². The van der Waals surface area contributed by atoms with E-state index in [0.29, 0.717) is 6.42 Å². The third-order valence-corrected chi connectivity index (χ3v) is 4.86. The Hall–Kier alpha value is -1.18. The third kappa shape index (κ3) is 3.23. The van der Waals surface area contributed by atoms with Gasteiger partial charge in [-0.3, -0.25) is 0 Å². The van der Waals surface area contributed by atoms with Crippen molar-refractivity contribution in [2.75, 3.05) is 12.3 Å². The Morgan fingerprint density at radius 3 is 2.74 bits per heavy atom. The predicted molar refractivity (Wildman–Crippen MR) is 69.3 cm³/mol. The summed E-state index contributed by atoms with van der Waals surface area (Å²) in [4.78, 5) is -0.160. The van der Waals surface area contributed by atoms with Crippen molar-refractivity contribution in [2.45, 2.75) is 30.3 Å². The summed E-state index contributed by atoms with van der Waals surface area (Å²) in [6, 6.07) is 3.36. The molecule has 4 N–H and O–H groups in total. The second-order valence-electron chi connectivity index (χ2n) is 4.79. The average molecular weight is 288 g/mol. The molecule has 0 aromatic heterocycles. The Kier molecular flexibility index (Phi) is 4.07. The topological polar surface area (TPSA) is 92.4 Å². The van der Waals surface area contributed by atoms with Crippen molar-refractivity contribution in [3.8, 4) is 0 Å². The summed E-state index contributed by atoms with van der Waals surface area (Å²) in [5.41, 5.74) is 5.21. The van der Waals surface area contributed by atoms with E-state index in [4.69, 9.17) is 5.73 Å². The van der Waals surface area contributed by atoms with E-state index in [1.165, 1.54) is 12.1 Å². The molecular weight excluding hydrogens is 271 g/mol. The van der Waals surface area contributed by atoms with Crippen LogP contribution in [0.15, 0.2) is 23.1 Å². The highest BCUT2D eigenvalue weighted by Crippen LogP contribution is 2.25. The second-order valence-corrected chi connectivity index (χ2v) is 6.56. The molecule has 1 aromatic rings. The molecule has 1 fully saturated rings. The van der Waals surface area contributed by atoms with Gasteiger partial charge in [-0.05, 0) is 37.0 Å². The molecule has 2 atom stereocenters. The lowest BCUT2D eigenvalue weighted by Gasteiger charge is -2.15. The molecule has 0 saturated heterocycles. The molecule has 7 heteroatoms. The first kappa shape index (κ1) is 14.2. The molecule has 1 aromatic carbocycles. The number of benzene rings is 1. The van der Waals surface area contributed by atoms with E-state index in [9.17, 15) is 17.9 Å². The van der Waals surface area contributed by atoms with Crippen LogP contribution in [0.2, 0.25) is 0 Å². The Labute approximate surface area is 111 Å². The normalized spacial score (nSPS) is 23.7. The number of rotatable bonds is 4. The van der Waals surface area contributed by atoms with E-state index in [-0.39, 0.29) is 23.0 Å². The van der Waals surface area contributed by atoms with Crippen molar-refractivity contribution in [2.24, 2.45) is 5.92 Å². The molecule has 0 bridgehead atoms. The van der Waals surface area contributed by atoms with Gasteiger partial charge in [-0.2, -0.15) is 0 Å². The van der Waals surface area contributed by atoms with Gasteiger partial charge in [0.05, 0.1) is 16.7 Å². The van der Waals surface area contributed by atoms with Gasteiger partial charge in [-0.15, -0.1) is 0 Å². The largest absolute Gasteiger partial charge is 0.396 e. The van der Waals surface area contributed by atoms with Gasteiger partial charge in [0, 0.05) is 6.54 Å². The molecular formula is C12H17FN2O3S. The fourth-order valence-electron chi connectivity index (χ4n) is 2.23.